The first kappa shape index (κ1) is 6.15. The SMILES string of the molecule is FC(F)C[CH]Cl. The molecule has 3 heteroatoms. The van der Waals surface area contributed by atoms with E-state index < -0.39 is 6.43 Å². The van der Waals surface area contributed by atoms with E-state index in [-0.39, 0.29) is 6.42 Å². The van der Waals surface area contributed by atoms with E-state index in [4.69, 9.17) is 11.6 Å². The molecule has 0 bridgehead atoms. The molecule has 0 aromatic heterocycles. The zero-order valence-electron chi connectivity index (χ0n) is 3.00. The Hall–Kier alpha value is 0.150. The van der Waals surface area contributed by atoms with E-state index in [1.165, 1.54) is 0 Å². The van der Waals surface area contributed by atoms with E-state index in [2.05, 4.69) is 0 Å². The molecule has 0 nitrogen and oxygen atoms in total. The van der Waals surface area contributed by atoms with Gasteiger partial charge in [-0.3, -0.25) is 0 Å². The molecule has 0 saturated carbocycles. The van der Waals surface area contributed by atoms with Crippen molar-refractivity contribution in [3.63, 3.8) is 0 Å². The molecule has 0 spiro atoms. The maximum Gasteiger partial charge on any atom is 0.240 e. The molecule has 0 aliphatic carbocycles. The summed E-state index contributed by atoms with van der Waals surface area (Å²) in [5, 5.41) is 0. The van der Waals surface area contributed by atoms with Crippen LogP contribution in [0.1, 0.15) is 6.42 Å². The van der Waals surface area contributed by atoms with Gasteiger partial charge in [0.25, 0.3) is 0 Å². The lowest BCUT2D eigenvalue weighted by molar-refractivity contribution is 0.150. The molecular weight excluding hydrogens is 109 g/mol. The van der Waals surface area contributed by atoms with Crippen molar-refractivity contribution in [3.8, 4) is 0 Å². The second-order valence-electron chi connectivity index (χ2n) is 0.781. The highest BCUT2D eigenvalue weighted by Crippen LogP contribution is 2.02. The van der Waals surface area contributed by atoms with Gasteiger partial charge in [0.2, 0.25) is 6.43 Å². The minimum Gasteiger partial charge on any atom is -0.210 e. The van der Waals surface area contributed by atoms with Gasteiger partial charge < -0.3 is 0 Å². The summed E-state index contributed by atoms with van der Waals surface area (Å²) in [4.78, 5) is 0. The molecule has 0 aliphatic rings. The van der Waals surface area contributed by atoms with Crippen LogP contribution in [-0.2, 0) is 0 Å². The van der Waals surface area contributed by atoms with Crippen molar-refractivity contribution in [2.75, 3.05) is 0 Å². The standard InChI is InChI=1S/C3H4ClF2/c4-2-1-3(5)6/h2-3H,1H2. The van der Waals surface area contributed by atoms with Crippen molar-refractivity contribution < 1.29 is 8.78 Å². The molecule has 0 amide bonds. The zero-order valence-corrected chi connectivity index (χ0v) is 3.75. The van der Waals surface area contributed by atoms with E-state index in [1.807, 2.05) is 0 Å². The first-order chi connectivity index (χ1) is 2.77. The highest BCUT2D eigenvalue weighted by atomic mass is 35.5. The molecule has 0 fully saturated rings. The number of alkyl halides is 2. The van der Waals surface area contributed by atoms with Gasteiger partial charge in [0.15, 0.2) is 0 Å². The van der Waals surface area contributed by atoms with E-state index >= 15 is 0 Å². The fraction of sp³-hybridized carbons (Fsp3) is 0.667. The Morgan fingerprint density at radius 2 is 2.17 bits per heavy atom. The van der Waals surface area contributed by atoms with Crippen LogP contribution in [0.25, 0.3) is 0 Å². The maximum absolute atomic E-state index is 10.9. The molecule has 0 N–H and O–H groups in total. The van der Waals surface area contributed by atoms with Crippen molar-refractivity contribution in [2.24, 2.45) is 0 Å². The van der Waals surface area contributed by atoms with Crippen molar-refractivity contribution in [1.82, 2.24) is 0 Å². The molecule has 6 heavy (non-hydrogen) atoms. The van der Waals surface area contributed by atoms with Gasteiger partial charge in [-0.15, -0.1) is 11.6 Å². The van der Waals surface area contributed by atoms with Crippen LogP contribution < -0.4 is 0 Å². The molecule has 1 radical (unpaired) electrons. The average Bonchev–Trinajstić information content (AvgIpc) is 1.35. The third-order valence-electron chi connectivity index (χ3n) is 0.267. The monoisotopic (exact) mass is 113 g/mol. The van der Waals surface area contributed by atoms with E-state index in [1.54, 1.807) is 0 Å². The van der Waals surface area contributed by atoms with Crippen LogP contribution in [0.4, 0.5) is 8.78 Å². The largest absolute Gasteiger partial charge is 0.240 e. The minimum absolute atomic E-state index is 0.318. The maximum atomic E-state index is 10.9. The zero-order chi connectivity index (χ0) is 4.99. The summed E-state index contributed by atoms with van der Waals surface area (Å²) in [6, 6.07) is 0. The Kier molecular flexibility index (Phi) is 3.43. The molecule has 0 aliphatic heterocycles. The number of hydrogen-bond donors (Lipinski definition) is 0. The lowest BCUT2D eigenvalue weighted by Gasteiger charge is -1.86. The van der Waals surface area contributed by atoms with E-state index in [0.29, 0.717) is 0 Å². The van der Waals surface area contributed by atoms with Crippen LogP contribution in [0, 0.1) is 5.88 Å². The highest BCUT2D eigenvalue weighted by Gasteiger charge is 1.97. The molecular formula is C3H4ClF2. The van der Waals surface area contributed by atoms with Crippen LogP contribution in [0.2, 0.25) is 0 Å². The summed E-state index contributed by atoms with van der Waals surface area (Å²) < 4.78 is 21.8. The second kappa shape index (κ2) is 3.34. The Balaban J connectivity index is 2.63. The summed E-state index contributed by atoms with van der Waals surface area (Å²) in [7, 11) is 0. The Morgan fingerprint density at radius 3 is 2.17 bits per heavy atom. The summed E-state index contributed by atoms with van der Waals surface area (Å²) in [5.41, 5.74) is 0. The molecule has 0 unspecified atom stereocenters. The van der Waals surface area contributed by atoms with Gasteiger partial charge >= 0.3 is 0 Å². The number of halogens is 3. The first-order valence-corrected chi connectivity index (χ1v) is 1.91. The summed E-state index contributed by atoms with van der Waals surface area (Å²) in [6.45, 7) is 0. The van der Waals surface area contributed by atoms with E-state index in [0.717, 1.165) is 5.88 Å². The van der Waals surface area contributed by atoms with Crippen LogP contribution in [0.5, 0.6) is 0 Å². The topological polar surface area (TPSA) is 0 Å². The molecule has 0 aromatic carbocycles. The van der Waals surface area contributed by atoms with Crippen LogP contribution >= 0.6 is 11.6 Å². The van der Waals surface area contributed by atoms with Crippen LogP contribution in [-0.4, -0.2) is 6.43 Å². The van der Waals surface area contributed by atoms with Gasteiger partial charge in [0.1, 0.15) is 0 Å². The van der Waals surface area contributed by atoms with Crippen molar-refractivity contribution in [1.29, 1.82) is 0 Å². The number of hydrogen-bond acceptors (Lipinski definition) is 0. The Bertz CT molecular complexity index is 30.0. The summed E-state index contributed by atoms with van der Waals surface area (Å²) >= 11 is 4.79. The van der Waals surface area contributed by atoms with E-state index in [9.17, 15) is 8.78 Å². The van der Waals surface area contributed by atoms with Crippen LogP contribution in [0.15, 0.2) is 0 Å². The lowest BCUT2D eigenvalue weighted by Crippen LogP contribution is -1.84. The Labute approximate surface area is 40.1 Å². The Morgan fingerprint density at radius 1 is 1.67 bits per heavy atom. The molecule has 0 saturated heterocycles. The number of rotatable bonds is 2. The highest BCUT2D eigenvalue weighted by molar-refractivity contribution is 6.23. The van der Waals surface area contributed by atoms with Gasteiger partial charge in [-0.05, 0) is 0 Å². The lowest BCUT2D eigenvalue weighted by atomic mass is 10.5. The predicted molar refractivity (Wildman–Crippen MR) is 20.8 cm³/mol. The molecule has 0 aromatic rings. The third kappa shape index (κ3) is 4.15. The predicted octanol–water partition coefficient (Wildman–Crippen LogP) is 2.04. The summed E-state index contributed by atoms with van der Waals surface area (Å²) in [6.07, 6.45) is -2.61. The van der Waals surface area contributed by atoms with Gasteiger partial charge in [0, 0.05) is 6.42 Å². The fourth-order valence-corrected chi connectivity index (χ4v) is 0.202. The normalized spacial score (nSPS) is 10.0. The van der Waals surface area contributed by atoms with Gasteiger partial charge in [-0.25, -0.2) is 8.78 Å². The fourth-order valence-electron chi connectivity index (χ4n) is 0.0673. The van der Waals surface area contributed by atoms with Gasteiger partial charge in [-0.1, -0.05) is 0 Å². The van der Waals surface area contributed by atoms with Crippen molar-refractivity contribution in [3.05, 3.63) is 5.88 Å². The third-order valence-corrected chi connectivity index (χ3v) is 0.445. The quantitative estimate of drug-likeness (QED) is 0.514. The smallest absolute Gasteiger partial charge is 0.210 e. The average molecular weight is 114 g/mol. The summed E-state index contributed by atoms with van der Waals surface area (Å²) in [5.74, 6) is 0.921. The van der Waals surface area contributed by atoms with Crippen LogP contribution in [0.3, 0.4) is 0 Å². The second-order valence-corrected chi connectivity index (χ2v) is 1.09. The van der Waals surface area contributed by atoms with Crippen molar-refractivity contribution in [2.45, 2.75) is 12.8 Å². The minimum atomic E-state index is -2.29. The van der Waals surface area contributed by atoms with Crippen molar-refractivity contribution >= 4 is 11.6 Å². The van der Waals surface area contributed by atoms with Gasteiger partial charge in [-0.2, -0.15) is 0 Å². The van der Waals surface area contributed by atoms with Gasteiger partial charge in [0.05, 0.1) is 5.88 Å². The molecule has 0 atom stereocenters. The molecule has 0 rings (SSSR count). The molecule has 0 heterocycles. The molecule has 37 valence electrons. The first-order valence-electron chi connectivity index (χ1n) is 1.47.